The summed E-state index contributed by atoms with van der Waals surface area (Å²) in [5, 5.41) is 23.7. The van der Waals surface area contributed by atoms with Crippen molar-refractivity contribution < 1.29 is 10.0 Å². The summed E-state index contributed by atoms with van der Waals surface area (Å²) in [6.45, 7) is 1.43. The maximum absolute atomic E-state index is 11.1. The third-order valence-corrected chi connectivity index (χ3v) is 3.15. The zero-order valence-corrected chi connectivity index (χ0v) is 11.4. The normalized spacial score (nSPS) is 13.4. The molecule has 1 atom stereocenters. The fraction of sp³-hybridized carbons (Fsp3) is 0.231. The number of nitrogens with zero attached hydrogens (tertiary/aromatic N) is 3. The van der Waals surface area contributed by atoms with Gasteiger partial charge in [0.05, 0.1) is 17.1 Å². The van der Waals surface area contributed by atoms with Gasteiger partial charge in [-0.3, -0.25) is 10.1 Å². The highest BCUT2D eigenvalue weighted by Gasteiger charge is 2.30. The Morgan fingerprint density at radius 1 is 1.38 bits per heavy atom. The second-order valence-electron chi connectivity index (χ2n) is 4.69. The third-order valence-electron chi connectivity index (χ3n) is 3.15. The highest BCUT2D eigenvalue weighted by atomic mass is 16.6. The number of aromatic nitrogens is 2. The number of nitrogen functional groups attached to an aromatic ring is 1. The van der Waals surface area contributed by atoms with Crippen LogP contribution in [0, 0.1) is 10.1 Å². The molecular formula is C13H15N5O3. The van der Waals surface area contributed by atoms with E-state index in [0.29, 0.717) is 0 Å². The Morgan fingerprint density at radius 2 is 2.05 bits per heavy atom. The zero-order chi connectivity index (χ0) is 15.5. The summed E-state index contributed by atoms with van der Waals surface area (Å²) in [7, 11) is 0. The van der Waals surface area contributed by atoms with E-state index >= 15 is 0 Å². The average molecular weight is 289 g/mol. The van der Waals surface area contributed by atoms with Crippen molar-refractivity contribution in [1.82, 2.24) is 9.97 Å². The van der Waals surface area contributed by atoms with Crippen LogP contribution in [-0.2, 0) is 5.54 Å². The van der Waals surface area contributed by atoms with Gasteiger partial charge in [0.25, 0.3) is 0 Å². The molecule has 1 aromatic carbocycles. The number of rotatable bonds is 5. The van der Waals surface area contributed by atoms with Crippen molar-refractivity contribution in [2.45, 2.75) is 12.5 Å². The summed E-state index contributed by atoms with van der Waals surface area (Å²) < 4.78 is 0. The Kier molecular flexibility index (Phi) is 3.99. The summed E-state index contributed by atoms with van der Waals surface area (Å²) in [6.07, 6.45) is 1.13. The van der Waals surface area contributed by atoms with Gasteiger partial charge in [0.1, 0.15) is 6.33 Å². The van der Waals surface area contributed by atoms with Crippen LogP contribution in [0.3, 0.4) is 0 Å². The van der Waals surface area contributed by atoms with Crippen molar-refractivity contribution in [3.8, 4) is 0 Å². The van der Waals surface area contributed by atoms with Crippen molar-refractivity contribution in [3.63, 3.8) is 0 Å². The predicted octanol–water partition coefficient (Wildman–Crippen LogP) is 1.29. The maximum atomic E-state index is 11.1. The Labute approximate surface area is 120 Å². The maximum Gasteiger partial charge on any atom is 0.353 e. The summed E-state index contributed by atoms with van der Waals surface area (Å²) in [5.74, 6) is -0.265. The van der Waals surface area contributed by atoms with Crippen molar-refractivity contribution in [2.75, 3.05) is 17.7 Å². The van der Waals surface area contributed by atoms with Crippen LogP contribution in [0.25, 0.3) is 0 Å². The summed E-state index contributed by atoms with van der Waals surface area (Å²) in [5.41, 5.74) is 4.94. The fourth-order valence-electron chi connectivity index (χ4n) is 1.93. The number of anilines is 2. The lowest BCUT2D eigenvalue weighted by molar-refractivity contribution is -0.383. The number of aliphatic hydroxyl groups excluding tert-OH is 1. The van der Waals surface area contributed by atoms with Crippen molar-refractivity contribution in [1.29, 1.82) is 0 Å². The van der Waals surface area contributed by atoms with Crippen molar-refractivity contribution in [3.05, 3.63) is 52.3 Å². The van der Waals surface area contributed by atoms with Gasteiger partial charge in [-0.15, -0.1) is 0 Å². The van der Waals surface area contributed by atoms with E-state index in [4.69, 9.17) is 5.73 Å². The van der Waals surface area contributed by atoms with Gasteiger partial charge in [0.15, 0.2) is 0 Å². The molecule has 0 bridgehead atoms. The molecule has 2 aromatic rings. The quantitative estimate of drug-likeness (QED) is 0.559. The Hall–Kier alpha value is -2.74. The van der Waals surface area contributed by atoms with Gasteiger partial charge in [-0.05, 0) is 12.5 Å². The molecule has 0 radical (unpaired) electrons. The van der Waals surface area contributed by atoms with Gasteiger partial charge < -0.3 is 16.2 Å². The van der Waals surface area contributed by atoms with E-state index in [1.807, 2.05) is 18.2 Å². The highest BCUT2D eigenvalue weighted by Crippen LogP contribution is 2.32. The molecule has 1 heterocycles. The number of hydrogen-bond donors (Lipinski definition) is 3. The first-order valence-electron chi connectivity index (χ1n) is 6.17. The summed E-state index contributed by atoms with van der Waals surface area (Å²) in [6, 6.07) is 9.08. The Morgan fingerprint density at radius 3 is 2.62 bits per heavy atom. The van der Waals surface area contributed by atoms with Gasteiger partial charge in [0.2, 0.25) is 11.6 Å². The molecule has 2 rings (SSSR count). The molecular weight excluding hydrogens is 274 g/mol. The van der Waals surface area contributed by atoms with Crippen LogP contribution in [0.15, 0.2) is 36.7 Å². The molecule has 1 unspecified atom stereocenters. The first-order valence-corrected chi connectivity index (χ1v) is 6.17. The van der Waals surface area contributed by atoms with E-state index in [0.717, 1.165) is 11.9 Å². The number of aliphatic hydroxyl groups is 1. The van der Waals surface area contributed by atoms with Crippen molar-refractivity contribution in [2.24, 2.45) is 0 Å². The lowest BCUT2D eigenvalue weighted by atomic mass is 9.93. The topological polar surface area (TPSA) is 127 Å². The number of nitrogens with one attached hydrogen (secondary N) is 1. The van der Waals surface area contributed by atoms with E-state index in [-0.39, 0.29) is 18.2 Å². The molecule has 0 fully saturated rings. The summed E-state index contributed by atoms with van der Waals surface area (Å²) >= 11 is 0. The van der Waals surface area contributed by atoms with E-state index in [1.165, 1.54) is 0 Å². The minimum absolute atomic E-state index is 0.0343. The van der Waals surface area contributed by atoms with Crippen LogP contribution >= 0.6 is 0 Å². The molecule has 0 aliphatic carbocycles. The van der Waals surface area contributed by atoms with Gasteiger partial charge in [0, 0.05) is 0 Å². The smallest absolute Gasteiger partial charge is 0.353 e. The van der Waals surface area contributed by atoms with E-state index in [1.54, 1.807) is 19.1 Å². The molecule has 1 aromatic heterocycles. The molecule has 0 amide bonds. The Bertz CT molecular complexity index is 650. The molecule has 0 saturated carbocycles. The number of hydrogen-bond acceptors (Lipinski definition) is 7. The van der Waals surface area contributed by atoms with E-state index in [9.17, 15) is 15.2 Å². The number of nitro groups is 1. The SMILES string of the molecule is CC(CO)(Nc1ncnc(N)c1[N+](=O)[O-])c1ccccc1. The largest absolute Gasteiger partial charge is 0.394 e. The molecule has 4 N–H and O–H groups in total. The van der Waals surface area contributed by atoms with Gasteiger partial charge in [-0.2, -0.15) is 0 Å². The first-order chi connectivity index (χ1) is 9.98. The molecule has 0 aliphatic rings. The van der Waals surface area contributed by atoms with E-state index in [2.05, 4.69) is 15.3 Å². The first kappa shape index (κ1) is 14.7. The molecule has 8 nitrogen and oxygen atoms in total. The monoisotopic (exact) mass is 289 g/mol. The molecule has 110 valence electrons. The second-order valence-corrected chi connectivity index (χ2v) is 4.69. The molecule has 0 aliphatic heterocycles. The van der Waals surface area contributed by atoms with Crippen LogP contribution in [0.4, 0.5) is 17.3 Å². The molecule has 0 saturated heterocycles. The minimum Gasteiger partial charge on any atom is -0.394 e. The van der Waals surface area contributed by atoms with Gasteiger partial charge in [-0.25, -0.2) is 9.97 Å². The number of benzene rings is 1. The molecule has 21 heavy (non-hydrogen) atoms. The molecule has 0 spiro atoms. The van der Waals surface area contributed by atoms with Crippen LogP contribution < -0.4 is 11.1 Å². The predicted molar refractivity (Wildman–Crippen MR) is 77.6 cm³/mol. The fourth-order valence-corrected chi connectivity index (χ4v) is 1.93. The molecule has 8 heteroatoms. The zero-order valence-electron chi connectivity index (χ0n) is 11.4. The standard InChI is InChI=1S/C13H15N5O3/c1-13(7-19,9-5-3-2-4-6-9)17-12-10(18(20)21)11(14)15-8-16-12/h2-6,8,19H,7H2,1H3,(H3,14,15,16,17). The van der Waals surface area contributed by atoms with Crippen LogP contribution in [-0.4, -0.2) is 26.6 Å². The van der Waals surface area contributed by atoms with Gasteiger partial charge >= 0.3 is 5.69 Å². The average Bonchev–Trinajstić information content (AvgIpc) is 2.47. The minimum atomic E-state index is -0.938. The van der Waals surface area contributed by atoms with Crippen LogP contribution in [0.1, 0.15) is 12.5 Å². The van der Waals surface area contributed by atoms with Crippen molar-refractivity contribution >= 4 is 17.3 Å². The lowest BCUT2D eigenvalue weighted by Crippen LogP contribution is -2.36. The lowest BCUT2D eigenvalue weighted by Gasteiger charge is -2.29. The third kappa shape index (κ3) is 2.90. The van der Waals surface area contributed by atoms with Crippen LogP contribution in [0.2, 0.25) is 0 Å². The second kappa shape index (κ2) is 5.71. The van der Waals surface area contributed by atoms with Crippen LogP contribution in [0.5, 0.6) is 0 Å². The highest BCUT2D eigenvalue weighted by molar-refractivity contribution is 5.68. The van der Waals surface area contributed by atoms with Gasteiger partial charge in [-0.1, -0.05) is 30.3 Å². The number of nitrogens with two attached hydrogens (primary N) is 1. The summed E-state index contributed by atoms with van der Waals surface area (Å²) in [4.78, 5) is 17.9. The Balaban J connectivity index is 2.45. The van der Waals surface area contributed by atoms with E-state index < -0.39 is 16.1 Å².